The number of nitrogens with one attached hydrogen (secondary N) is 1. The van der Waals surface area contributed by atoms with Gasteiger partial charge in [0.25, 0.3) is 0 Å². The van der Waals surface area contributed by atoms with Gasteiger partial charge in [0.2, 0.25) is 10.0 Å². The molecule has 1 fully saturated rings. The minimum atomic E-state index is -4.11. The number of aliphatic hydroxyl groups is 1. The smallest absolute Gasteiger partial charge is 0.243 e. The molecule has 1 aromatic carbocycles. The van der Waals surface area contributed by atoms with Gasteiger partial charge in [-0.25, -0.2) is 17.2 Å². The van der Waals surface area contributed by atoms with Crippen molar-refractivity contribution in [3.63, 3.8) is 0 Å². The number of nitrogens with zero attached hydrogens (tertiary/aromatic N) is 3. The van der Waals surface area contributed by atoms with Crippen LogP contribution in [0.1, 0.15) is 12.1 Å². The van der Waals surface area contributed by atoms with Crippen LogP contribution in [0, 0.1) is 11.6 Å². The highest BCUT2D eigenvalue weighted by molar-refractivity contribution is 7.89. The quantitative estimate of drug-likeness (QED) is 0.847. The number of aromatic amines is 1. The van der Waals surface area contributed by atoms with E-state index in [0.717, 1.165) is 16.4 Å². The van der Waals surface area contributed by atoms with Gasteiger partial charge in [0.1, 0.15) is 22.9 Å². The second-order valence-corrected chi connectivity index (χ2v) is 7.02. The van der Waals surface area contributed by atoms with E-state index < -0.39 is 32.2 Å². The zero-order chi connectivity index (χ0) is 16.0. The molecule has 1 aliphatic rings. The Balaban J connectivity index is 1.91. The number of rotatable bonds is 3. The summed E-state index contributed by atoms with van der Waals surface area (Å²) in [5.41, 5.74) is -1.26. The molecule has 0 saturated carbocycles. The van der Waals surface area contributed by atoms with Gasteiger partial charge >= 0.3 is 0 Å². The number of aromatic nitrogens is 3. The Morgan fingerprint density at radius 1 is 1.27 bits per heavy atom. The Hall–Kier alpha value is -1.91. The molecule has 1 saturated heterocycles. The van der Waals surface area contributed by atoms with E-state index in [9.17, 15) is 22.3 Å². The van der Waals surface area contributed by atoms with Crippen molar-refractivity contribution < 1.29 is 22.3 Å². The van der Waals surface area contributed by atoms with Crippen LogP contribution in [0.5, 0.6) is 0 Å². The maximum Gasteiger partial charge on any atom is 0.243 e. The predicted molar refractivity (Wildman–Crippen MR) is 70.0 cm³/mol. The molecule has 1 aliphatic heterocycles. The van der Waals surface area contributed by atoms with E-state index >= 15 is 0 Å². The summed E-state index contributed by atoms with van der Waals surface area (Å²) < 4.78 is 52.3. The molecule has 2 aromatic rings. The van der Waals surface area contributed by atoms with E-state index in [-0.39, 0.29) is 25.2 Å². The summed E-state index contributed by atoms with van der Waals surface area (Å²) in [6, 6.07) is 2.08. The lowest BCUT2D eigenvalue weighted by atomic mass is 10.0. The van der Waals surface area contributed by atoms with Gasteiger partial charge in [0.15, 0.2) is 0 Å². The molecule has 3 rings (SSSR count). The molecule has 118 valence electrons. The molecular formula is C12H12F2N4O3S. The first-order valence-electron chi connectivity index (χ1n) is 6.36. The SMILES string of the molecule is O=S(=O)(c1cc(F)cc(F)c1)N1CCC(O)(c2cn[nH]n2)C1. The van der Waals surface area contributed by atoms with E-state index in [4.69, 9.17) is 0 Å². The maximum absolute atomic E-state index is 13.2. The van der Waals surface area contributed by atoms with Crippen molar-refractivity contribution in [3.05, 3.63) is 41.7 Å². The van der Waals surface area contributed by atoms with Crippen molar-refractivity contribution in [1.82, 2.24) is 19.7 Å². The van der Waals surface area contributed by atoms with E-state index in [1.54, 1.807) is 0 Å². The first-order valence-corrected chi connectivity index (χ1v) is 7.80. The molecule has 10 heteroatoms. The fourth-order valence-corrected chi connectivity index (χ4v) is 3.96. The standard InChI is InChI=1S/C12H12F2N4O3S/c13-8-3-9(14)5-10(4-8)22(20,21)18-2-1-12(19,7-18)11-6-15-17-16-11/h3-6,19H,1-2,7H2,(H,15,16,17). The molecule has 22 heavy (non-hydrogen) atoms. The van der Waals surface area contributed by atoms with Gasteiger partial charge in [0.05, 0.1) is 11.1 Å². The number of halogens is 2. The molecule has 0 spiro atoms. The second-order valence-electron chi connectivity index (χ2n) is 5.08. The summed E-state index contributed by atoms with van der Waals surface area (Å²) in [5.74, 6) is -1.96. The Labute approximate surface area is 124 Å². The maximum atomic E-state index is 13.2. The first kappa shape index (κ1) is 15.0. The number of sulfonamides is 1. The fourth-order valence-electron chi connectivity index (χ4n) is 2.43. The van der Waals surface area contributed by atoms with Crippen LogP contribution < -0.4 is 0 Å². The van der Waals surface area contributed by atoms with Crippen LogP contribution in [0.4, 0.5) is 8.78 Å². The minimum Gasteiger partial charge on any atom is -0.382 e. The Morgan fingerprint density at radius 2 is 1.95 bits per heavy atom. The normalized spacial score (nSPS) is 23.0. The largest absolute Gasteiger partial charge is 0.382 e. The average Bonchev–Trinajstić information content (AvgIpc) is 3.07. The van der Waals surface area contributed by atoms with Crippen LogP contribution in [0.15, 0.2) is 29.3 Å². The number of H-pyrrole nitrogens is 1. The summed E-state index contributed by atoms with van der Waals surface area (Å²) in [6.07, 6.45) is 1.41. The van der Waals surface area contributed by atoms with Crippen molar-refractivity contribution in [2.75, 3.05) is 13.1 Å². The molecule has 7 nitrogen and oxygen atoms in total. The number of hydrogen-bond acceptors (Lipinski definition) is 5. The summed E-state index contributed by atoms with van der Waals surface area (Å²) in [4.78, 5) is -0.491. The van der Waals surface area contributed by atoms with Gasteiger partial charge in [-0.2, -0.15) is 19.7 Å². The lowest BCUT2D eigenvalue weighted by molar-refractivity contribution is 0.0485. The second kappa shape index (κ2) is 5.07. The monoisotopic (exact) mass is 330 g/mol. The average molecular weight is 330 g/mol. The van der Waals surface area contributed by atoms with Crippen LogP contribution in [-0.2, 0) is 15.6 Å². The summed E-state index contributed by atoms with van der Waals surface area (Å²) >= 11 is 0. The van der Waals surface area contributed by atoms with Gasteiger partial charge < -0.3 is 5.11 Å². The van der Waals surface area contributed by atoms with Gasteiger partial charge in [0, 0.05) is 19.2 Å². The van der Waals surface area contributed by atoms with Crippen LogP contribution in [-0.4, -0.2) is 46.3 Å². The van der Waals surface area contributed by atoms with Crippen molar-refractivity contribution in [1.29, 1.82) is 0 Å². The van der Waals surface area contributed by atoms with Gasteiger partial charge in [-0.3, -0.25) is 0 Å². The van der Waals surface area contributed by atoms with Gasteiger partial charge in [-0.15, -0.1) is 0 Å². The van der Waals surface area contributed by atoms with E-state index in [2.05, 4.69) is 15.4 Å². The third-order valence-corrected chi connectivity index (χ3v) is 5.40. The number of β-amino-alcohol motifs (C(OH)–C–C–N with tert-alkyl or cyclic N) is 1. The highest BCUT2D eigenvalue weighted by Crippen LogP contribution is 2.33. The van der Waals surface area contributed by atoms with E-state index in [1.165, 1.54) is 6.20 Å². The molecule has 0 radical (unpaired) electrons. The topological polar surface area (TPSA) is 99.2 Å². The van der Waals surface area contributed by atoms with Crippen molar-refractivity contribution in [2.24, 2.45) is 0 Å². The third kappa shape index (κ3) is 2.49. The molecule has 1 aromatic heterocycles. The number of hydrogen-bond donors (Lipinski definition) is 2. The summed E-state index contributed by atoms with van der Waals surface area (Å²) in [6.45, 7) is -0.260. The number of benzene rings is 1. The third-order valence-electron chi connectivity index (χ3n) is 3.58. The highest BCUT2D eigenvalue weighted by atomic mass is 32.2. The van der Waals surface area contributed by atoms with Crippen LogP contribution in [0.3, 0.4) is 0 Å². The molecule has 2 heterocycles. The molecular weight excluding hydrogens is 318 g/mol. The lowest BCUT2D eigenvalue weighted by Crippen LogP contribution is -2.34. The minimum absolute atomic E-state index is 0.00380. The molecule has 1 unspecified atom stereocenters. The molecule has 0 aliphatic carbocycles. The highest BCUT2D eigenvalue weighted by Gasteiger charge is 2.44. The zero-order valence-electron chi connectivity index (χ0n) is 11.2. The molecule has 0 bridgehead atoms. The van der Waals surface area contributed by atoms with Gasteiger partial charge in [-0.1, -0.05) is 0 Å². The van der Waals surface area contributed by atoms with E-state index in [0.29, 0.717) is 6.07 Å². The van der Waals surface area contributed by atoms with Crippen molar-refractivity contribution >= 4 is 10.0 Å². The van der Waals surface area contributed by atoms with Gasteiger partial charge in [-0.05, 0) is 18.6 Å². The Kier molecular flexibility index (Phi) is 3.46. The first-order chi connectivity index (χ1) is 10.3. The molecule has 1 atom stereocenters. The van der Waals surface area contributed by atoms with Crippen LogP contribution in [0.2, 0.25) is 0 Å². The van der Waals surface area contributed by atoms with Crippen molar-refractivity contribution in [3.8, 4) is 0 Å². The van der Waals surface area contributed by atoms with E-state index in [1.807, 2.05) is 0 Å². The Bertz CT molecular complexity index is 776. The van der Waals surface area contributed by atoms with Crippen LogP contribution in [0.25, 0.3) is 0 Å². The Morgan fingerprint density at radius 3 is 2.55 bits per heavy atom. The zero-order valence-corrected chi connectivity index (χ0v) is 12.0. The molecule has 0 amide bonds. The predicted octanol–water partition coefficient (Wildman–Crippen LogP) is 0.365. The summed E-state index contributed by atoms with van der Waals surface area (Å²) in [7, 11) is -4.11. The fraction of sp³-hybridized carbons (Fsp3) is 0.333. The molecule has 2 N–H and O–H groups in total. The van der Waals surface area contributed by atoms with Crippen molar-refractivity contribution in [2.45, 2.75) is 16.9 Å². The lowest BCUT2D eigenvalue weighted by Gasteiger charge is -2.21. The summed E-state index contributed by atoms with van der Waals surface area (Å²) in [5, 5.41) is 20.1. The van der Waals surface area contributed by atoms with Crippen LogP contribution >= 0.6 is 0 Å².